The molecule has 0 aromatic carbocycles. The molecule has 2 rings (SSSR count). The van der Waals surface area contributed by atoms with Gasteiger partial charge in [0.05, 0.1) is 17.9 Å². The smallest absolute Gasteiger partial charge is 0.262 e. The Morgan fingerprint density at radius 3 is 2.33 bits per heavy atom. The lowest BCUT2D eigenvalue weighted by molar-refractivity contribution is 0.0338. The van der Waals surface area contributed by atoms with E-state index in [0.717, 1.165) is 0 Å². The second-order valence-corrected chi connectivity index (χ2v) is 3.39. The molecule has 0 aromatic heterocycles. The molecular formula is C7H12ClF2NO. The van der Waals surface area contributed by atoms with Gasteiger partial charge in [-0.15, -0.1) is 12.4 Å². The maximum absolute atomic E-state index is 13.0. The van der Waals surface area contributed by atoms with Gasteiger partial charge in [0, 0.05) is 20.2 Å². The molecule has 0 radical (unpaired) electrons. The first-order valence-corrected chi connectivity index (χ1v) is 3.72. The fourth-order valence-electron chi connectivity index (χ4n) is 1.90. The van der Waals surface area contributed by atoms with E-state index < -0.39 is 17.3 Å². The standard InChI is InChI=1S/C7H11F2NO.ClH/c1-11-2-5-6(3-10-4-6)7(5,8)9;/h5,10H,2-4H2,1H3;1H. The zero-order valence-electron chi connectivity index (χ0n) is 6.77. The van der Waals surface area contributed by atoms with Gasteiger partial charge in [-0.3, -0.25) is 0 Å². The Balaban J connectivity index is 0.000000720. The molecule has 1 N–H and O–H groups in total. The van der Waals surface area contributed by atoms with Crippen molar-refractivity contribution in [3.63, 3.8) is 0 Å². The summed E-state index contributed by atoms with van der Waals surface area (Å²) in [5.41, 5.74) is -0.733. The summed E-state index contributed by atoms with van der Waals surface area (Å²) in [5.74, 6) is -3.02. The van der Waals surface area contributed by atoms with Crippen molar-refractivity contribution in [2.75, 3.05) is 26.8 Å². The van der Waals surface area contributed by atoms with Crippen LogP contribution >= 0.6 is 12.4 Å². The van der Waals surface area contributed by atoms with Gasteiger partial charge in [0.25, 0.3) is 5.92 Å². The molecule has 2 nitrogen and oxygen atoms in total. The molecule has 0 bridgehead atoms. The van der Waals surface area contributed by atoms with Crippen molar-refractivity contribution >= 4 is 12.4 Å². The number of nitrogens with one attached hydrogen (secondary N) is 1. The largest absolute Gasteiger partial charge is 0.384 e. The van der Waals surface area contributed by atoms with Crippen molar-refractivity contribution in [2.45, 2.75) is 5.92 Å². The fraction of sp³-hybridized carbons (Fsp3) is 1.00. The molecule has 0 amide bonds. The first-order valence-electron chi connectivity index (χ1n) is 3.72. The Morgan fingerprint density at radius 2 is 2.08 bits per heavy atom. The van der Waals surface area contributed by atoms with Crippen LogP contribution in [0.1, 0.15) is 0 Å². The molecule has 5 heteroatoms. The van der Waals surface area contributed by atoms with Crippen LogP contribution in [0.25, 0.3) is 0 Å². The highest BCUT2D eigenvalue weighted by Gasteiger charge is 2.82. The van der Waals surface area contributed by atoms with E-state index in [1.807, 2.05) is 0 Å². The molecule has 0 aromatic rings. The lowest BCUT2D eigenvalue weighted by Gasteiger charge is -2.27. The summed E-state index contributed by atoms with van der Waals surface area (Å²) in [7, 11) is 1.47. The number of hydrogen-bond acceptors (Lipinski definition) is 2. The SMILES string of the molecule is COCC1C(F)(F)C12CNC2.Cl. The molecule has 12 heavy (non-hydrogen) atoms. The molecule has 2 fully saturated rings. The lowest BCUT2D eigenvalue weighted by atomic mass is 9.96. The third kappa shape index (κ3) is 0.916. The highest BCUT2D eigenvalue weighted by molar-refractivity contribution is 5.85. The van der Waals surface area contributed by atoms with Gasteiger partial charge in [-0.25, -0.2) is 8.78 Å². The van der Waals surface area contributed by atoms with E-state index in [0.29, 0.717) is 13.1 Å². The molecule has 1 atom stereocenters. The van der Waals surface area contributed by atoms with Crippen molar-refractivity contribution in [1.82, 2.24) is 5.32 Å². The summed E-state index contributed by atoms with van der Waals surface area (Å²) in [6.07, 6.45) is 0. The molecular weight excluding hydrogens is 188 g/mol. The first-order chi connectivity index (χ1) is 5.15. The molecule has 1 spiro atoms. The van der Waals surface area contributed by atoms with Crippen molar-refractivity contribution in [3.05, 3.63) is 0 Å². The molecule has 1 saturated heterocycles. The number of ether oxygens (including phenoxy) is 1. The number of hydrogen-bond donors (Lipinski definition) is 1. The predicted octanol–water partition coefficient (Wildman–Crippen LogP) is 0.909. The number of halogens is 3. The second-order valence-electron chi connectivity index (χ2n) is 3.39. The second kappa shape index (κ2) is 2.79. The van der Waals surface area contributed by atoms with E-state index in [9.17, 15) is 8.78 Å². The van der Waals surface area contributed by atoms with Crippen LogP contribution < -0.4 is 5.32 Å². The van der Waals surface area contributed by atoms with Crippen LogP contribution in [0.3, 0.4) is 0 Å². The quantitative estimate of drug-likeness (QED) is 0.714. The van der Waals surface area contributed by atoms with Crippen molar-refractivity contribution in [3.8, 4) is 0 Å². The molecule has 72 valence electrons. The summed E-state index contributed by atoms with van der Waals surface area (Å²) >= 11 is 0. The zero-order chi connectivity index (χ0) is 8.11. The van der Waals surface area contributed by atoms with Gasteiger partial charge in [0.1, 0.15) is 0 Å². The minimum atomic E-state index is -2.48. The van der Waals surface area contributed by atoms with Crippen LogP contribution in [0.5, 0.6) is 0 Å². The van der Waals surface area contributed by atoms with Gasteiger partial charge in [-0.1, -0.05) is 0 Å². The van der Waals surface area contributed by atoms with E-state index in [-0.39, 0.29) is 19.0 Å². The summed E-state index contributed by atoms with van der Waals surface area (Å²) in [6.45, 7) is 1.09. The van der Waals surface area contributed by atoms with Gasteiger partial charge in [0.15, 0.2) is 0 Å². The minimum absolute atomic E-state index is 0. The average Bonchev–Trinajstić information content (AvgIpc) is 2.29. The van der Waals surface area contributed by atoms with Gasteiger partial charge >= 0.3 is 0 Å². The molecule has 1 aliphatic heterocycles. The maximum Gasteiger partial charge on any atom is 0.262 e. The van der Waals surface area contributed by atoms with Crippen LogP contribution in [0.2, 0.25) is 0 Å². The number of methoxy groups -OCH3 is 1. The normalized spacial score (nSPS) is 33.8. The van der Waals surface area contributed by atoms with Gasteiger partial charge in [-0.05, 0) is 0 Å². The summed E-state index contributed by atoms with van der Waals surface area (Å²) in [6, 6.07) is 0. The third-order valence-electron chi connectivity index (χ3n) is 2.90. The van der Waals surface area contributed by atoms with Crippen LogP contribution in [-0.4, -0.2) is 32.7 Å². The molecule has 1 aliphatic carbocycles. The highest BCUT2D eigenvalue weighted by atomic mass is 35.5. The molecule has 1 unspecified atom stereocenters. The van der Waals surface area contributed by atoms with Crippen LogP contribution in [-0.2, 0) is 4.74 Å². The monoisotopic (exact) mass is 199 g/mol. The fourth-order valence-corrected chi connectivity index (χ4v) is 1.90. The van der Waals surface area contributed by atoms with Crippen molar-refractivity contribution < 1.29 is 13.5 Å². The van der Waals surface area contributed by atoms with Gasteiger partial charge in [-0.2, -0.15) is 0 Å². The highest BCUT2D eigenvalue weighted by Crippen LogP contribution is 2.67. The van der Waals surface area contributed by atoms with E-state index >= 15 is 0 Å². The van der Waals surface area contributed by atoms with Crippen molar-refractivity contribution in [1.29, 1.82) is 0 Å². The Morgan fingerprint density at radius 1 is 1.50 bits per heavy atom. The van der Waals surface area contributed by atoms with Crippen molar-refractivity contribution in [2.24, 2.45) is 11.3 Å². The lowest BCUT2D eigenvalue weighted by Crippen LogP contribution is -2.48. The molecule has 2 aliphatic rings. The topological polar surface area (TPSA) is 21.3 Å². The summed E-state index contributed by atoms with van der Waals surface area (Å²) in [4.78, 5) is 0. The van der Waals surface area contributed by atoms with Gasteiger partial charge < -0.3 is 10.1 Å². The third-order valence-corrected chi connectivity index (χ3v) is 2.90. The van der Waals surface area contributed by atoms with E-state index in [1.54, 1.807) is 0 Å². The number of rotatable bonds is 2. The molecule has 1 saturated carbocycles. The summed E-state index contributed by atoms with van der Waals surface area (Å²) < 4.78 is 30.7. The molecule has 1 heterocycles. The Bertz CT molecular complexity index is 184. The van der Waals surface area contributed by atoms with Crippen LogP contribution in [0.4, 0.5) is 8.78 Å². The zero-order valence-corrected chi connectivity index (χ0v) is 7.59. The van der Waals surface area contributed by atoms with Gasteiger partial charge in [0.2, 0.25) is 0 Å². The Labute approximate surface area is 76.1 Å². The van der Waals surface area contributed by atoms with E-state index in [1.165, 1.54) is 7.11 Å². The number of alkyl halides is 2. The van der Waals surface area contributed by atoms with Crippen LogP contribution in [0, 0.1) is 11.3 Å². The van der Waals surface area contributed by atoms with Crippen LogP contribution in [0.15, 0.2) is 0 Å². The van der Waals surface area contributed by atoms with E-state index in [4.69, 9.17) is 4.74 Å². The average molecular weight is 200 g/mol. The summed E-state index contributed by atoms with van der Waals surface area (Å²) in [5, 5.41) is 2.87. The Kier molecular flexibility index (Phi) is 2.36. The Hall–Kier alpha value is 0.0700. The first kappa shape index (κ1) is 10.2. The maximum atomic E-state index is 13.0. The predicted molar refractivity (Wildman–Crippen MR) is 42.9 cm³/mol. The van der Waals surface area contributed by atoms with E-state index in [2.05, 4.69) is 5.32 Å². The minimum Gasteiger partial charge on any atom is -0.384 e.